The number of hydrogen-bond donors (Lipinski definition) is 3. The Morgan fingerprint density at radius 1 is 1.12 bits per heavy atom. The zero-order valence-corrected chi connectivity index (χ0v) is 17.1. The predicted octanol–water partition coefficient (Wildman–Crippen LogP) is 3.05. The van der Waals surface area contributed by atoms with E-state index in [9.17, 15) is 9.59 Å². The first kappa shape index (κ1) is 20.1. The molecular weight excluding hydrogens is 418 g/mol. The molecule has 0 aliphatic carbocycles. The van der Waals surface area contributed by atoms with Crippen molar-refractivity contribution in [3.63, 3.8) is 0 Å². The van der Waals surface area contributed by atoms with Crippen LogP contribution >= 0.6 is 28.1 Å². The van der Waals surface area contributed by atoms with Gasteiger partial charge in [0.2, 0.25) is 5.91 Å². The van der Waals surface area contributed by atoms with Crippen molar-refractivity contribution in [2.75, 3.05) is 6.61 Å². The van der Waals surface area contributed by atoms with E-state index in [2.05, 4.69) is 32.1 Å². The Balaban J connectivity index is 1.85. The zero-order chi connectivity index (χ0) is 19.3. The van der Waals surface area contributed by atoms with E-state index in [-0.39, 0.29) is 17.6 Å². The summed E-state index contributed by atoms with van der Waals surface area (Å²) in [7, 11) is 0. The first-order chi connectivity index (χ1) is 12.2. The number of carbonyl (C=O) groups excluding carboxylic acids is 2. The Morgan fingerprint density at radius 3 is 2.50 bits per heavy atom. The smallest absolute Gasteiger partial charge is 0.276 e. The van der Waals surface area contributed by atoms with E-state index in [4.69, 9.17) is 17.0 Å². The van der Waals surface area contributed by atoms with Gasteiger partial charge in [0.1, 0.15) is 5.75 Å². The molecule has 0 fully saturated rings. The van der Waals surface area contributed by atoms with E-state index in [0.29, 0.717) is 5.75 Å². The maximum absolute atomic E-state index is 11.9. The molecule has 2 amide bonds. The molecule has 6 nitrogen and oxygen atoms in total. The van der Waals surface area contributed by atoms with Crippen LogP contribution in [0.1, 0.15) is 20.8 Å². The number of halogens is 1. The van der Waals surface area contributed by atoms with Crippen LogP contribution in [0.4, 0.5) is 0 Å². The van der Waals surface area contributed by atoms with Crippen molar-refractivity contribution < 1.29 is 14.3 Å². The summed E-state index contributed by atoms with van der Waals surface area (Å²) in [6.07, 6.45) is 0. The van der Waals surface area contributed by atoms with E-state index in [1.54, 1.807) is 26.8 Å². The second-order valence-corrected chi connectivity index (χ2v) is 7.80. The van der Waals surface area contributed by atoms with Gasteiger partial charge in [0.25, 0.3) is 5.91 Å². The second kappa shape index (κ2) is 8.46. The molecule has 0 bridgehead atoms. The molecule has 0 saturated heterocycles. The topological polar surface area (TPSA) is 79.5 Å². The number of carbonyl (C=O) groups is 2. The van der Waals surface area contributed by atoms with Gasteiger partial charge in [-0.25, -0.2) is 0 Å². The van der Waals surface area contributed by atoms with Gasteiger partial charge in [-0.05, 0) is 45.0 Å². The van der Waals surface area contributed by atoms with Crippen molar-refractivity contribution in [1.29, 1.82) is 0 Å². The first-order valence-electron chi connectivity index (χ1n) is 7.89. The van der Waals surface area contributed by atoms with Crippen molar-refractivity contribution in [3.05, 3.63) is 40.9 Å². The van der Waals surface area contributed by atoms with Gasteiger partial charge in [0, 0.05) is 5.41 Å². The Kier molecular flexibility index (Phi) is 6.55. The van der Waals surface area contributed by atoms with E-state index in [0.717, 1.165) is 15.2 Å². The van der Waals surface area contributed by atoms with Gasteiger partial charge in [-0.15, -0.1) is 0 Å². The van der Waals surface area contributed by atoms with Crippen LogP contribution in [0.25, 0.3) is 10.8 Å². The number of hydrazine groups is 1. The van der Waals surface area contributed by atoms with E-state index < -0.39 is 11.3 Å². The zero-order valence-electron chi connectivity index (χ0n) is 14.7. The fourth-order valence-electron chi connectivity index (χ4n) is 1.95. The summed E-state index contributed by atoms with van der Waals surface area (Å²) in [6.45, 7) is 5.08. The highest BCUT2D eigenvalue weighted by molar-refractivity contribution is 9.10. The number of rotatable bonds is 3. The normalized spacial score (nSPS) is 10.9. The highest BCUT2D eigenvalue weighted by Crippen LogP contribution is 2.32. The lowest BCUT2D eigenvalue weighted by Gasteiger charge is -2.18. The van der Waals surface area contributed by atoms with Gasteiger partial charge < -0.3 is 10.1 Å². The first-order valence-corrected chi connectivity index (χ1v) is 9.09. The Bertz CT molecular complexity index is 849. The van der Waals surface area contributed by atoms with Crippen LogP contribution in [-0.2, 0) is 9.59 Å². The predicted molar refractivity (Wildman–Crippen MR) is 109 cm³/mol. The van der Waals surface area contributed by atoms with Gasteiger partial charge >= 0.3 is 0 Å². The summed E-state index contributed by atoms with van der Waals surface area (Å²) in [4.78, 5) is 23.7. The summed E-state index contributed by atoms with van der Waals surface area (Å²) in [6, 6.07) is 11.6. The van der Waals surface area contributed by atoms with E-state index in [1.165, 1.54) is 0 Å². The van der Waals surface area contributed by atoms with Crippen LogP contribution in [0.3, 0.4) is 0 Å². The fourth-order valence-corrected chi connectivity index (χ4v) is 2.70. The lowest BCUT2D eigenvalue weighted by atomic mass is 9.96. The summed E-state index contributed by atoms with van der Waals surface area (Å²) < 4.78 is 6.33. The number of ether oxygens (including phenoxy) is 1. The third-order valence-corrected chi connectivity index (χ3v) is 4.43. The molecule has 8 heteroatoms. The second-order valence-electron chi connectivity index (χ2n) is 6.59. The molecule has 138 valence electrons. The number of amides is 2. The molecule has 2 aromatic rings. The van der Waals surface area contributed by atoms with Gasteiger partial charge in [-0.2, -0.15) is 0 Å². The molecule has 0 heterocycles. The molecule has 2 aromatic carbocycles. The average Bonchev–Trinajstić information content (AvgIpc) is 2.58. The van der Waals surface area contributed by atoms with Crippen LogP contribution in [0.2, 0.25) is 0 Å². The third-order valence-electron chi connectivity index (χ3n) is 3.41. The maximum Gasteiger partial charge on any atom is 0.276 e. The fraction of sp³-hybridized carbons (Fsp3) is 0.278. The monoisotopic (exact) mass is 437 g/mol. The molecule has 0 aromatic heterocycles. The number of nitrogens with one attached hydrogen (secondary N) is 3. The summed E-state index contributed by atoms with van der Waals surface area (Å²) >= 11 is 8.46. The molecular formula is C18H20BrN3O3S. The molecule has 0 atom stereocenters. The summed E-state index contributed by atoms with van der Waals surface area (Å²) in [5, 5.41) is 4.58. The Labute approximate surface area is 165 Å². The number of fused-ring (bicyclic) bond motifs is 1. The van der Waals surface area contributed by atoms with Crippen molar-refractivity contribution in [2.45, 2.75) is 20.8 Å². The van der Waals surface area contributed by atoms with Crippen LogP contribution in [0.15, 0.2) is 40.9 Å². The van der Waals surface area contributed by atoms with Gasteiger partial charge in [0.05, 0.1) is 4.47 Å². The number of hydrogen-bond acceptors (Lipinski definition) is 4. The molecule has 26 heavy (non-hydrogen) atoms. The lowest BCUT2D eigenvalue weighted by Crippen LogP contribution is -2.51. The highest BCUT2D eigenvalue weighted by atomic mass is 79.9. The molecule has 2 rings (SSSR count). The SMILES string of the molecule is CC(C)(C)C(=O)NC(=S)NNC(=O)COc1ccc2ccccc2c1Br. The van der Waals surface area contributed by atoms with Crippen molar-refractivity contribution >= 4 is 55.8 Å². The minimum atomic E-state index is -0.582. The van der Waals surface area contributed by atoms with Crippen molar-refractivity contribution in [3.8, 4) is 5.75 Å². The van der Waals surface area contributed by atoms with Crippen LogP contribution in [0, 0.1) is 5.41 Å². The molecule has 3 N–H and O–H groups in total. The van der Waals surface area contributed by atoms with Crippen LogP contribution in [-0.4, -0.2) is 23.5 Å². The number of thiocarbonyl (C=S) groups is 1. The third kappa shape index (κ3) is 5.40. The van der Waals surface area contributed by atoms with Crippen molar-refractivity contribution in [2.24, 2.45) is 5.41 Å². The summed E-state index contributed by atoms with van der Waals surface area (Å²) in [5.41, 5.74) is 4.27. The molecule has 0 saturated carbocycles. The van der Waals surface area contributed by atoms with E-state index in [1.807, 2.05) is 30.3 Å². The number of benzene rings is 2. The van der Waals surface area contributed by atoms with Gasteiger partial charge in [-0.1, -0.05) is 51.1 Å². The maximum atomic E-state index is 11.9. The minimum Gasteiger partial charge on any atom is -0.483 e. The summed E-state index contributed by atoms with van der Waals surface area (Å²) in [5.74, 6) is -0.125. The van der Waals surface area contributed by atoms with Crippen molar-refractivity contribution in [1.82, 2.24) is 16.2 Å². The minimum absolute atomic E-state index is 0.0187. The van der Waals surface area contributed by atoms with Crippen LogP contribution < -0.4 is 20.9 Å². The lowest BCUT2D eigenvalue weighted by molar-refractivity contribution is -0.127. The molecule has 0 radical (unpaired) electrons. The largest absolute Gasteiger partial charge is 0.483 e. The Hall–Kier alpha value is -2.19. The molecule has 0 aliphatic heterocycles. The van der Waals surface area contributed by atoms with E-state index >= 15 is 0 Å². The molecule has 0 spiro atoms. The van der Waals surface area contributed by atoms with Gasteiger partial charge in [-0.3, -0.25) is 20.4 Å². The van der Waals surface area contributed by atoms with Gasteiger partial charge in [0.15, 0.2) is 11.7 Å². The average molecular weight is 438 g/mol. The highest BCUT2D eigenvalue weighted by Gasteiger charge is 2.22. The molecule has 0 unspecified atom stereocenters. The Morgan fingerprint density at radius 2 is 1.81 bits per heavy atom. The van der Waals surface area contributed by atoms with Crippen LogP contribution in [0.5, 0.6) is 5.75 Å². The quantitative estimate of drug-likeness (QED) is 0.507. The standard InChI is InChI=1S/C18H20BrN3O3S/c1-18(2,3)16(24)20-17(26)22-21-14(23)10-25-13-9-8-11-6-4-5-7-12(11)15(13)19/h4-9H,10H2,1-3H3,(H,21,23)(H2,20,22,24,26). The molecule has 0 aliphatic rings.